The second-order valence-corrected chi connectivity index (χ2v) is 8.95. The lowest BCUT2D eigenvalue weighted by Gasteiger charge is -2.12. The van der Waals surface area contributed by atoms with Gasteiger partial charge in [0, 0.05) is 26.0 Å². The molecule has 8 nitrogen and oxygen atoms in total. The zero-order chi connectivity index (χ0) is 23.4. The van der Waals surface area contributed by atoms with E-state index in [1.54, 1.807) is 38.1 Å². The van der Waals surface area contributed by atoms with Gasteiger partial charge >= 0.3 is 5.97 Å². The van der Waals surface area contributed by atoms with E-state index in [2.05, 4.69) is 15.7 Å². The summed E-state index contributed by atoms with van der Waals surface area (Å²) < 4.78 is 6.64. The van der Waals surface area contributed by atoms with Gasteiger partial charge in [-0.3, -0.25) is 9.48 Å². The first kappa shape index (κ1) is 23.7. The fourth-order valence-electron chi connectivity index (χ4n) is 2.98. The standard InChI is InChI=1S/C21H22ClN5O3S2/c1-12-16(20(29)30-4)18(32-17(12)19(28)26(2)3)25-21(31)24-15-7-5-6-13(8-15)10-27-11-14(22)9-23-27/h5-9,11H,10H2,1-4H3,(H2,24,25,31). The molecular weight excluding hydrogens is 470 g/mol. The maximum Gasteiger partial charge on any atom is 0.341 e. The fraction of sp³-hybridized carbons (Fsp3) is 0.238. The number of benzene rings is 1. The average Bonchev–Trinajstić information content (AvgIpc) is 3.29. The van der Waals surface area contributed by atoms with Crippen LogP contribution in [0.2, 0.25) is 5.02 Å². The lowest BCUT2D eigenvalue weighted by Crippen LogP contribution is -2.21. The summed E-state index contributed by atoms with van der Waals surface area (Å²) in [7, 11) is 4.61. The number of aromatic nitrogens is 2. The van der Waals surface area contributed by atoms with Crippen molar-refractivity contribution >= 4 is 62.8 Å². The summed E-state index contributed by atoms with van der Waals surface area (Å²) in [4.78, 5) is 26.8. The quantitative estimate of drug-likeness (QED) is 0.393. The van der Waals surface area contributed by atoms with Gasteiger partial charge in [-0.15, -0.1) is 11.3 Å². The van der Waals surface area contributed by atoms with Crippen molar-refractivity contribution in [2.75, 3.05) is 31.8 Å². The molecule has 0 spiro atoms. The molecule has 0 saturated carbocycles. The van der Waals surface area contributed by atoms with Gasteiger partial charge in [-0.1, -0.05) is 23.7 Å². The Hall–Kier alpha value is -2.95. The molecule has 0 radical (unpaired) electrons. The van der Waals surface area contributed by atoms with E-state index in [-0.39, 0.29) is 16.6 Å². The summed E-state index contributed by atoms with van der Waals surface area (Å²) in [5, 5.41) is 11.6. The van der Waals surface area contributed by atoms with Crippen LogP contribution in [-0.2, 0) is 11.3 Å². The normalized spacial score (nSPS) is 10.5. The number of halogens is 1. The molecule has 0 unspecified atom stereocenters. The minimum atomic E-state index is -0.540. The van der Waals surface area contributed by atoms with Gasteiger partial charge in [-0.05, 0) is 42.4 Å². The minimum Gasteiger partial charge on any atom is -0.465 e. The molecule has 32 heavy (non-hydrogen) atoms. The molecule has 2 aromatic heterocycles. The zero-order valence-corrected chi connectivity index (χ0v) is 20.3. The molecular formula is C21H22ClN5O3S2. The highest BCUT2D eigenvalue weighted by molar-refractivity contribution is 7.80. The number of methoxy groups -OCH3 is 1. The first-order chi connectivity index (χ1) is 15.2. The molecule has 3 aromatic rings. The fourth-order valence-corrected chi connectivity index (χ4v) is 4.64. The number of rotatable bonds is 6. The summed E-state index contributed by atoms with van der Waals surface area (Å²) in [6.45, 7) is 2.27. The summed E-state index contributed by atoms with van der Waals surface area (Å²) in [6.07, 6.45) is 3.33. The number of amides is 1. The predicted octanol–water partition coefficient (Wildman–Crippen LogP) is 4.25. The zero-order valence-electron chi connectivity index (χ0n) is 17.9. The smallest absolute Gasteiger partial charge is 0.341 e. The molecule has 0 bridgehead atoms. The number of carbonyl (C=O) groups excluding carboxylic acids is 2. The summed E-state index contributed by atoms with van der Waals surface area (Å²) in [6, 6.07) is 7.67. The monoisotopic (exact) mass is 491 g/mol. The number of nitrogens with one attached hydrogen (secondary N) is 2. The molecule has 1 aromatic carbocycles. The maximum atomic E-state index is 12.5. The Morgan fingerprint density at radius 3 is 2.69 bits per heavy atom. The number of hydrogen-bond donors (Lipinski definition) is 2. The van der Waals surface area contributed by atoms with Crippen LogP contribution >= 0.6 is 35.2 Å². The lowest BCUT2D eigenvalue weighted by atomic mass is 10.1. The molecule has 3 rings (SSSR count). The molecule has 168 valence electrons. The van der Waals surface area contributed by atoms with E-state index in [4.69, 9.17) is 28.6 Å². The number of thiophene rings is 1. The molecule has 0 fully saturated rings. The Morgan fingerprint density at radius 1 is 1.31 bits per heavy atom. The molecule has 0 aliphatic rings. The maximum absolute atomic E-state index is 12.5. The molecule has 0 saturated heterocycles. The first-order valence-corrected chi connectivity index (χ1v) is 11.1. The van der Waals surface area contributed by atoms with E-state index in [1.807, 2.05) is 24.3 Å². The second-order valence-electron chi connectivity index (χ2n) is 7.09. The van der Waals surface area contributed by atoms with Crippen molar-refractivity contribution in [1.82, 2.24) is 14.7 Å². The second kappa shape index (κ2) is 10.1. The van der Waals surface area contributed by atoms with E-state index in [1.165, 1.54) is 12.0 Å². The van der Waals surface area contributed by atoms with Gasteiger partial charge in [-0.2, -0.15) is 5.10 Å². The third-order valence-electron chi connectivity index (χ3n) is 4.49. The number of ether oxygens (including phenoxy) is 1. The van der Waals surface area contributed by atoms with Crippen LogP contribution in [-0.4, -0.2) is 52.9 Å². The van der Waals surface area contributed by atoms with E-state index >= 15 is 0 Å². The molecule has 2 heterocycles. The van der Waals surface area contributed by atoms with E-state index in [9.17, 15) is 9.59 Å². The van der Waals surface area contributed by atoms with Gasteiger partial charge in [0.05, 0.1) is 35.3 Å². The van der Waals surface area contributed by atoms with Crippen LogP contribution in [0.15, 0.2) is 36.7 Å². The van der Waals surface area contributed by atoms with Crippen molar-refractivity contribution in [2.45, 2.75) is 13.5 Å². The van der Waals surface area contributed by atoms with Crippen molar-refractivity contribution in [2.24, 2.45) is 0 Å². The Balaban J connectivity index is 1.78. The SMILES string of the molecule is COC(=O)c1c(NC(=S)Nc2cccc(Cn3cc(Cl)cn3)c2)sc(C(=O)N(C)C)c1C. The highest BCUT2D eigenvalue weighted by Gasteiger charge is 2.26. The van der Waals surface area contributed by atoms with Gasteiger partial charge in [0.1, 0.15) is 5.00 Å². The Kier molecular flexibility index (Phi) is 7.49. The Bertz CT molecular complexity index is 1170. The van der Waals surface area contributed by atoms with Crippen LogP contribution in [0.1, 0.15) is 31.2 Å². The van der Waals surface area contributed by atoms with E-state index in [0.29, 0.717) is 27.0 Å². The Morgan fingerprint density at radius 2 is 2.06 bits per heavy atom. The summed E-state index contributed by atoms with van der Waals surface area (Å²) in [5.74, 6) is -0.738. The van der Waals surface area contributed by atoms with Crippen molar-refractivity contribution in [3.8, 4) is 0 Å². The first-order valence-electron chi connectivity index (χ1n) is 9.47. The average molecular weight is 492 g/mol. The molecule has 11 heteroatoms. The summed E-state index contributed by atoms with van der Waals surface area (Å²) in [5.41, 5.74) is 2.59. The largest absolute Gasteiger partial charge is 0.465 e. The topological polar surface area (TPSA) is 88.5 Å². The van der Waals surface area contributed by atoms with Gasteiger partial charge in [0.2, 0.25) is 0 Å². The van der Waals surface area contributed by atoms with E-state index < -0.39 is 5.97 Å². The highest BCUT2D eigenvalue weighted by Crippen LogP contribution is 2.34. The molecule has 0 aliphatic heterocycles. The van der Waals surface area contributed by atoms with Crippen LogP contribution < -0.4 is 10.6 Å². The minimum absolute atomic E-state index is 0.198. The van der Waals surface area contributed by atoms with Crippen molar-refractivity contribution in [3.63, 3.8) is 0 Å². The third-order valence-corrected chi connectivity index (χ3v) is 6.09. The van der Waals surface area contributed by atoms with Crippen LogP contribution in [0.4, 0.5) is 10.7 Å². The number of carbonyl (C=O) groups is 2. The third kappa shape index (κ3) is 5.45. The molecule has 2 N–H and O–H groups in total. The van der Waals surface area contributed by atoms with Crippen molar-refractivity contribution in [3.05, 3.63) is 63.2 Å². The molecule has 0 aliphatic carbocycles. The lowest BCUT2D eigenvalue weighted by molar-refractivity contribution is 0.0601. The number of thiocarbonyl (C=S) groups is 1. The van der Waals surface area contributed by atoms with E-state index in [0.717, 1.165) is 22.6 Å². The van der Waals surface area contributed by atoms with Crippen LogP contribution in [0.25, 0.3) is 0 Å². The van der Waals surface area contributed by atoms with Crippen molar-refractivity contribution in [1.29, 1.82) is 0 Å². The van der Waals surface area contributed by atoms with Gasteiger partial charge in [0.15, 0.2) is 5.11 Å². The van der Waals surface area contributed by atoms with Crippen LogP contribution in [0, 0.1) is 6.92 Å². The predicted molar refractivity (Wildman–Crippen MR) is 131 cm³/mol. The number of nitrogens with zero attached hydrogens (tertiary/aromatic N) is 3. The van der Waals surface area contributed by atoms with Gasteiger partial charge in [0.25, 0.3) is 5.91 Å². The van der Waals surface area contributed by atoms with Crippen LogP contribution in [0.5, 0.6) is 0 Å². The number of esters is 1. The molecule has 0 atom stereocenters. The van der Waals surface area contributed by atoms with Gasteiger partial charge < -0.3 is 20.3 Å². The van der Waals surface area contributed by atoms with Crippen LogP contribution in [0.3, 0.4) is 0 Å². The highest BCUT2D eigenvalue weighted by atomic mass is 35.5. The van der Waals surface area contributed by atoms with Gasteiger partial charge in [-0.25, -0.2) is 4.79 Å². The summed E-state index contributed by atoms with van der Waals surface area (Å²) >= 11 is 12.5. The Labute approximate surface area is 200 Å². The number of anilines is 2. The van der Waals surface area contributed by atoms with Crippen molar-refractivity contribution < 1.29 is 14.3 Å². The number of hydrogen-bond acceptors (Lipinski definition) is 6. The molecule has 1 amide bonds.